The average molecular weight is 492 g/mol. The molecule has 0 radical (unpaired) electrons. The number of halogens is 3. The molecule has 2 aromatic rings. The zero-order valence-electron chi connectivity index (χ0n) is 19.9. The quantitative estimate of drug-likeness (QED) is 0.457. The van der Waals surface area contributed by atoms with Crippen molar-refractivity contribution in [2.45, 2.75) is 71.2 Å². The molecule has 0 bridgehead atoms. The second kappa shape index (κ2) is 8.33. The number of thioether (sulfide) groups is 1. The molecule has 2 aliphatic rings. The number of carbonyl (C=O) groups is 2. The van der Waals surface area contributed by atoms with Gasteiger partial charge in [0, 0.05) is 0 Å². The van der Waals surface area contributed by atoms with Crippen LogP contribution < -0.4 is 4.74 Å². The number of hydrogen-bond acceptors (Lipinski definition) is 4. The molecule has 1 fully saturated rings. The Bertz CT molecular complexity index is 1150. The topological polar surface area (TPSA) is 46.6 Å². The average Bonchev–Trinajstić information content (AvgIpc) is 3.03. The van der Waals surface area contributed by atoms with Gasteiger partial charge in [-0.15, -0.1) is 13.2 Å². The second-order valence-corrected chi connectivity index (χ2v) is 11.3. The van der Waals surface area contributed by atoms with Crippen LogP contribution in [0, 0.1) is 6.92 Å². The Morgan fingerprint density at radius 1 is 0.971 bits per heavy atom. The molecule has 0 aromatic heterocycles. The van der Waals surface area contributed by atoms with Crippen molar-refractivity contribution < 1.29 is 27.5 Å². The lowest BCUT2D eigenvalue weighted by atomic mass is 9.62. The fourth-order valence-corrected chi connectivity index (χ4v) is 5.58. The highest BCUT2D eigenvalue weighted by atomic mass is 32.2. The Labute approximate surface area is 201 Å². The van der Waals surface area contributed by atoms with Gasteiger partial charge in [-0.1, -0.05) is 57.7 Å². The van der Waals surface area contributed by atoms with Crippen molar-refractivity contribution in [2.75, 3.05) is 5.75 Å². The van der Waals surface area contributed by atoms with Crippen LogP contribution in [0.2, 0.25) is 0 Å². The summed E-state index contributed by atoms with van der Waals surface area (Å²) in [6, 6.07) is 8.30. The lowest BCUT2D eigenvalue weighted by molar-refractivity contribution is -0.274. The van der Waals surface area contributed by atoms with Crippen LogP contribution in [0.15, 0.2) is 30.3 Å². The molecule has 1 saturated heterocycles. The number of hydrogen-bond donors (Lipinski definition) is 0. The molecule has 0 unspecified atom stereocenters. The van der Waals surface area contributed by atoms with Gasteiger partial charge in [0.25, 0.3) is 5.24 Å². The van der Waals surface area contributed by atoms with Crippen LogP contribution in [-0.2, 0) is 22.2 Å². The fourth-order valence-electron chi connectivity index (χ4n) is 4.86. The number of fused-ring (bicyclic) bond motifs is 1. The van der Waals surface area contributed by atoms with Crippen molar-refractivity contribution in [1.29, 1.82) is 0 Å². The minimum Gasteiger partial charge on any atom is -0.406 e. The molecular formula is C26H28F3NO3S. The van der Waals surface area contributed by atoms with E-state index in [1.165, 1.54) is 29.3 Å². The Kier molecular flexibility index (Phi) is 6.03. The van der Waals surface area contributed by atoms with Gasteiger partial charge in [-0.25, -0.2) is 0 Å². The lowest BCUT2D eigenvalue weighted by Gasteiger charge is -2.42. The van der Waals surface area contributed by atoms with E-state index in [-0.39, 0.29) is 40.0 Å². The summed E-state index contributed by atoms with van der Waals surface area (Å²) < 4.78 is 43.1. The monoisotopic (exact) mass is 491 g/mol. The summed E-state index contributed by atoms with van der Waals surface area (Å²) in [6.45, 7) is 10.7. The summed E-state index contributed by atoms with van der Waals surface area (Å²) in [7, 11) is 0. The standard InChI is InChI=1S/C26H28F3NO3S/c1-15-10-20-21(25(4,5)9-8-24(20,2)3)12-18(15)19-11-17(33-26(27,28)29)7-6-16(19)13-30-22(31)14-34-23(30)32/h6-7,10-12H,8-9,13-14H2,1-5H3. The van der Waals surface area contributed by atoms with Crippen molar-refractivity contribution in [3.05, 3.63) is 52.6 Å². The SMILES string of the molecule is Cc1cc2c(cc1-c1cc(OC(F)(F)F)ccc1CN1C(=O)CSC1=O)C(C)(C)CCC2(C)C. The number of amides is 2. The Morgan fingerprint density at radius 2 is 1.59 bits per heavy atom. The predicted molar refractivity (Wildman–Crippen MR) is 127 cm³/mol. The molecule has 0 saturated carbocycles. The maximum absolute atomic E-state index is 13.0. The largest absolute Gasteiger partial charge is 0.573 e. The van der Waals surface area contributed by atoms with Crippen LogP contribution in [0.25, 0.3) is 11.1 Å². The van der Waals surface area contributed by atoms with Crippen LogP contribution in [0.1, 0.15) is 62.8 Å². The minimum absolute atomic E-state index is 0.00227. The zero-order valence-corrected chi connectivity index (χ0v) is 20.7. The minimum atomic E-state index is -4.83. The maximum atomic E-state index is 13.0. The zero-order chi connectivity index (χ0) is 25.1. The smallest absolute Gasteiger partial charge is 0.406 e. The number of carbonyl (C=O) groups excluding carboxylic acids is 2. The van der Waals surface area contributed by atoms with Gasteiger partial charge in [0.2, 0.25) is 5.91 Å². The van der Waals surface area contributed by atoms with Crippen molar-refractivity contribution in [2.24, 2.45) is 0 Å². The number of benzene rings is 2. The highest BCUT2D eigenvalue weighted by Gasteiger charge is 2.38. The molecule has 4 nitrogen and oxygen atoms in total. The Morgan fingerprint density at radius 3 is 2.15 bits per heavy atom. The molecule has 0 N–H and O–H groups in total. The van der Waals surface area contributed by atoms with Crippen LogP contribution in [0.3, 0.4) is 0 Å². The van der Waals surface area contributed by atoms with Gasteiger partial charge in [0.05, 0.1) is 12.3 Å². The highest BCUT2D eigenvalue weighted by Crippen LogP contribution is 2.48. The van der Waals surface area contributed by atoms with Crippen LogP contribution >= 0.6 is 11.8 Å². The van der Waals surface area contributed by atoms with E-state index in [0.29, 0.717) is 11.1 Å². The summed E-state index contributed by atoms with van der Waals surface area (Å²) in [4.78, 5) is 25.6. The normalized spacial score (nSPS) is 19.4. The molecule has 34 heavy (non-hydrogen) atoms. The summed E-state index contributed by atoms with van der Waals surface area (Å²) in [5, 5.41) is -0.350. The summed E-state index contributed by atoms with van der Waals surface area (Å²) in [5.41, 5.74) is 5.13. The van der Waals surface area contributed by atoms with Crippen LogP contribution in [-0.4, -0.2) is 28.2 Å². The predicted octanol–water partition coefficient (Wildman–Crippen LogP) is 7.11. The van der Waals surface area contributed by atoms with Crippen LogP contribution in [0.4, 0.5) is 18.0 Å². The van der Waals surface area contributed by atoms with E-state index < -0.39 is 6.36 Å². The van der Waals surface area contributed by atoms with Gasteiger partial charge in [0.1, 0.15) is 5.75 Å². The van der Waals surface area contributed by atoms with Crippen molar-refractivity contribution in [3.63, 3.8) is 0 Å². The molecule has 1 aliphatic carbocycles. The van der Waals surface area contributed by atoms with Gasteiger partial charge in [-0.05, 0) is 76.1 Å². The van der Waals surface area contributed by atoms with E-state index in [2.05, 4.69) is 44.6 Å². The molecule has 1 aliphatic heterocycles. The van der Waals surface area contributed by atoms with Gasteiger partial charge < -0.3 is 4.74 Å². The highest BCUT2D eigenvalue weighted by molar-refractivity contribution is 8.14. The number of imide groups is 1. The number of ether oxygens (including phenoxy) is 1. The Balaban J connectivity index is 1.88. The van der Waals surface area contributed by atoms with Gasteiger partial charge in [-0.2, -0.15) is 0 Å². The molecule has 182 valence electrons. The van der Waals surface area contributed by atoms with Gasteiger partial charge >= 0.3 is 6.36 Å². The number of aryl methyl sites for hydroxylation is 1. The van der Waals surface area contributed by atoms with Gasteiger partial charge in [0.15, 0.2) is 0 Å². The second-order valence-electron chi connectivity index (χ2n) is 10.4. The number of rotatable bonds is 4. The van der Waals surface area contributed by atoms with E-state index in [0.717, 1.165) is 40.6 Å². The fraction of sp³-hybridized carbons (Fsp3) is 0.462. The number of alkyl halides is 3. The first-order valence-corrected chi connectivity index (χ1v) is 12.2. The van der Waals surface area contributed by atoms with Crippen molar-refractivity contribution in [3.8, 4) is 16.9 Å². The van der Waals surface area contributed by atoms with E-state index in [1.807, 2.05) is 6.92 Å². The molecule has 0 atom stereocenters. The van der Waals surface area contributed by atoms with Gasteiger partial charge in [-0.3, -0.25) is 14.5 Å². The van der Waals surface area contributed by atoms with Crippen LogP contribution in [0.5, 0.6) is 5.75 Å². The molecule has 4 rings (SSSR count). The summed E-state index contributed by atoms with van der Waals surface area (Å²) in [5.74, 6) is -0.567. The molecular weight excluding hydrogens is 463 g/mol. The molecule has 2 aromatic carbocycles. The molecule has 8 heteroatoms. The Hall–Kier alpha value is -2.48. The molecule has 2 amide bonds. The van der Waals surface area contributed by atoms with Crippen molar-refractivity contribution in [1.82, 2.24) is 4.90 Å². The number of nitrogens with zero attached hydrogens (tertiary/aromatic N) is 1. The summed E-state index contributed by atoms with van der Waals surface area (Å²) >= 11 is 0.931. The van der Waals surface area contributed by atoms with E-state index in [1.54, 1.807) is 0 Å². The maximum Gasteiger partial charge on any atom is 0.573 e. The van der Waals surface area contributed by atoms with E-state index in [9.17, 15) is 22.8 Å². The third-order valence-electron chi connectivity index (χ3n) is 6.97. The third kappa shape index (κ3) is 4.69. The van der Waals surface area contributed by atoms with Crippen molar-refractivity contribution >= 4 is 22.9 Å². The first-order valence-electron chi connectivity index (χ1n) is 11.2. The first kappa shape index (κ1) is 24.6. The summed E-state index contributed by atoms with van der Waals surface area (Å²) in [6.07, 6.45) is -2.79. The molecule has 1 heterocycles. The van der Waals surface area contributed by atoms with E-state index >= 15 is 0 Å². The first-order chi connectivity index (χ1) is 15.7. The molecule has 0 spiro atoms. The third-order valence-corrected chi connectivity index (χ3v) is 7.83. The lowest BCUT2D eigenvalue weighted by Crippen LogP contribution is -2.34. The van der Waals surface area contributed by atoms with E-state index in [4.69, 9.17) is 0 Å².